The van der Waals surface area contributed by atoms with Crippen molar-refractivity contribution in [1.82, 2.24) is 20.2 Å². The molecule has 106 valence electrons. The monoisotopic (exact) mass is 323 g/mol. The zero-order valence-corrected chi connectivity index (χ0v) is 12.0. The fourth-order valence-corrected chi connectivity index (χ4v) is 2.24. The fraction of sp³-hybridized carbons (Fsp3) is 0. The molecule has 2 aromatic carbocycles. The quantitative estimate of drug-likeness (QED) is 0.734. The Balaban J connectivity index is 2.22. The lowest BCUT2D eigenvalue weighted by Gasteiger charge is -2.08. The Labute approximate surface area is 129 Å². The van der Waals surface area contributed by atoms with Crippen LogP contribution in [0.4, 0.5) is 10.1 Å². The summed E-state index contributed by atoms with van der Waals surface area (Å²) >= 11 is 11.7. The molecule has 21 heavy (non-hydrogen) atoms. The van der Waals surface area contributed by atoms with Crippen LogP contribution in [0.15, 0.2) is 36.4 Å². The first-order chi connectivity index (χ1) is 10.1. The van der Waals surface area contributed by atoms with Crippen molar-refractivity contribution in [3.8, 4) is 17.1 Å². The SMILES string of the molecule is Nc1ccc(Cl)cc1-c1nnnn1-c1cccc(Cl)c1F. The Morgan fingerprint density at radius 2 is 1.95 bits per heavy atom. The Morgan fingerprint density at radius 3 is 2.76 bits per heavy atom. The molecule has 3 rings (SSSR count). The van der Waals surface area contributed by atoms with E-state index in [2.05, 4.69) is 15.5 Å². The van der Waals surface area contributed by atoms with Gasteiger partial charge in [-0.3, -0.25) is 0 Å². The molecule has 0 atom stereocenters. The summed E-state index contributed by atoms with van der Waals surface area (Å²) in [6.07, 6.45) is 0. The van der Waals surface area contributed by atoms with Gasteiger partial charge in [0, 0.05) is 16.3 Å². The van der Waals surface area contributed by atoms with Gasteiger partial charge in [-0.15, -0.1) is 5.10 Å². The molecular formula is C13H8Cl2FN5. The van der Waals surface area contributed by atoms with Crippen molar-refractivity contribution >= 4 is 28.9 Å². The second kappa shape index (κ2) is 5.31. The van der Waals surface area contributed by atoms with E-state index in [4.69, 9.17) is 28.9 Å². The molecule has 0 unspecified atom stereocenters. The summed E-state index contributed by atoms with van der Waals surface area (Å²) in [5.74, 6) is -0.343. The summed E-state index contributed by atoms with van der Waals surface area (Å²) in [6.45, 7) is 0. The fourth-order valence-electron chi connectivity index (χ4n) is 1.90. The van der Waals surface area contributed by atoms with Gasteiger partial charge < -0.3 is 5.73 Å². The third-order valence-electron chi connectivity index (χ3n) is 2.89. The van der Waals surface area contributed by atoms with Crippen LogP contribution >= 0.6 is 23.2 Å². The summed E-state index contributed by atoms with van der Waals surface area (Å²) in [5, 5.41) is 11.7. The Morgan fingerprint density at radius 1 is 1.14 bits per heavy atom. The molecule has 2 N–H and O–H groups in total. The third-order valence-corrected chi connectivity index (χ3v) is 3.41. The van der Waals surface area contributed by atoms with Crippen molar-refractivity contribution in [3.05, 3.63) is 52.3 Å². The van der Waals surface area contributed by atoms with Crippen molar-refractivity contribution in [2.75, 3.05) is 5.73 Å². The highest BCUT2D eigenvalue weighted by Gasteiger charge is 2.17. The van der Waals surface area contributed by atoms with Gasteiger partial charge in [-0.05, 0) is 40.8 Å². The largest absolute Gasteiger partial charge is 0.398 e. The lowest BCUT2D eigenvalue weighted by Crippen LogP contribution is -2.04. The van der Waals surface area contributed by atoms with Gasteiger partial charge >= 0.3 is 0 Å². The van der Waals surface area contributed by atoms with Crippen LogP contribution in [-0.4, -0.2) is 20.2 Å². The van der Waals surface area contributed by atoms with Crippen molar-refractivity contribution in [2.24, 2.45) is 0 Å². The summed E-state index contributed by atoms with van der Waals surface area (Å²) < 4.78 is 15.4. The molecule has 0 fully saturated rings. The predicted molar refractivity (Wildman–Crippen MR) is 79.0 cm³/mol. The Hall–Kier alpha value is -2.18. The maximum atomic E-state index is 14.1. The molecule has 1 aromatic heterocycles. The molecule has 0 saturated carbocycles. The van der Waals surface area contributed by atoms with Gasteiger partial charge in [-0.25, -0.2) is 4.39 Å². The minimum atomic E-state index is -0.617. The minimum Gasteiger partial charge on any atom is -0.398 e. The molecule has 0 aliphatic heterocycles. The highest BCUT2D eigenvalue weighted by Crippen LogP contribution is 2.29. The summed E-state index contributed by atoms with van der Waals surface area (Å²) in [4.78, 5) is 0. The van der Waals surface area contributed by atoms with Gasteiger partial charge in [0.15, 0.2) is 11.6 Å². The zero-order valence-electron chi connectivity index (χ0n) is 10.5. The van der Waals surface area contributed by atoms with E-state index in [1.165, 1.54) is 16.8 Å². The molecule has 3 aromatic rings. The maximum absolute atomic E-state index is 14.1. The lowest BCUT2D eigenvalue weighted by atomic mass is 10.1. The summed E-state index contributed by atoms with van der Waals surface area (Å²) in [6, 6.07) is 9.45. The molecular weight excluding hydrogens is 316 g/mol. The topological polar surface area (TPSA) is 69.6 Å². The summed E-state index contributed by atoms with van der Waals surface area (Å²) in [7, 11) is 0. The van der Waals surface area contributed by atoms with Gasteiger partial charge in [0.2, 0.25) is 0 Å². The van der Waals surface area contributed by atoms with E-state index in [-0.39, 0.29) is 16.5 Å². The van der Waals surface area contributed by atoms with Crippen LogP contribution in [0.1, 0.15) is 0 Å². The Kier molecular flexibility index (Phi) is 3.48. The molecule has 0 saturated heterocycles. The smallest absolute Gasteiger partial charge is 0.189 e. The van der Waals surface area contributed by atoms with Gasteiger partial charge in [0.05, 0.1) is 5.02 Å². The number of hydrogen-bond donors (Lipinski definition) is 1. The molecule has 1 heterocycles. The first-order valence-corrected chi connectivity index (χ1v) is 6.61. The number of anilines is 1. The van der Waals surface area contributed by atoms with E-state index >= 15 is 0 Å². The molecule has 0 radical (unpaired) electrons. The summed E-state index contributed by atoms with van der Waals surface area (Å²) in [5.41, 5.74) is 6.97. The number of nitrogens with two attached hydrogens (primary N) is 1. The van der Waals surface area contributed by atoms with Gasteiger partial charge in [0.1, 0.15) is 5.69 Å². The molecule has 0 aliphatic carbocycles. The third kappa shape index (κ3) is 2.43. The number of hydrogen-bond acceptors (Lipinski definition) is 4. The first-order valence-electron chi connectivity index (χ1n) is 5.86. The number of rotatable bonds is 2. The van der Waals surface area contributed by atoms with Crippen LogP contribution in [0.3, 0.4) is 0 Å². The van der Waals surface area contributed by atoms with Gasteiger partial charge in [-0.2, -0.15) is 4.68 Å². The van der Waals surface area contributed by atoms with E-state index < -0.39 is 5.82 Å². The van der Waals surface area contributed by atoms with Crippen LogP contribution in [0.25, 0.3) is 17.1 Å². The number of tetrazole rings is 1. The van der Waals surface area contributed by atoms with E-state index in [0.29, 0.717) is 16.3 Å². The van der Waals surface area contributed by atoms with Crippen molar-refractivity contribution in [2.45, 2.75) is 0 Å². The van der Waals surface area contributed by atoms with Crippen LogP contribution in [0.2, 0.25) is 10.0 Å². The van der Waals surface area contributed by atoms with Crippen molar-refractivity contribution in [3.63, 3.8) is 0 Å². The number of halogens is 3. The van der Waals surface area contributed by atoms with Gasteiger partial charge in [0.25, 0.3) is 0 Å². The van der Waals surface area contributed by atoms with Crippen LogP contribution in [-0.2, 0) is 0 Å². The lowest BCUT2D eigenvalue weighted by molar-refractivity contribution is 0.608. The number of nitrogen functional groups attached to an aromatic ring is 1. The Bertz CT molecular complexity index is 802. The highest BCUT2D eigenvalue weighted by atomic mass is 35.5. The normalized spacial score (nSPS) is 10.8. The van der Waals surface area contributed by atoms with Crippen LogP contribution in [0, 0.1) is 5.82 Å². The molecule has 0 bridgehead atoms. The first kappa shape index (κ1) is 13.8. The van der Waals surface area contributed by atoms with E-state index in [1.807, 2.05) is 0 Å². The predicted octanol–water partition coefficient (Wildman–Crippen LogP) is 3.36. The number of nitrogens with zero attached hydrogens (tertiary/aromatic N) is 4. The second-order valence-electron chi connectivity index (χ2n) is 4.22. The average Bonchev–Trinajstić information content (AvgIpc) is 2.93. The zero-order chi connectivity index (χ0) is 15.0. The average molecular weight is 324 g/mol. The van der Waals surface area contributed by atoms with E-state index in [9.17, 15) is 4.39 Å². The molecule has 5 nitrogen and oxygen atoms in total. The number of benzene rings is 2. The van der Waals surface area contributed by atoms with Crippen LogP contribution < -0.4 is 5.73 Å². The van der Waals surface area contributed by atoms with Crippen molar-refractivity contribution in [1.29, 1.82) is 0 Å². The molecule has 8 heteroatoms. The number of aromatic nitrogens is 4. The standard InChI is InChI=1S/C13H8Cl2FN5/c14-7-4-5-10(17)8(6-7)13-18-19-20-21(13)11-3-1-2-9(15)12(11)16/h1-6H,17H2. The van der Waals surface area contributed by atoms with Crippen molar-refractivity contribution < 1.29 is 4.39 Å². The highest BCUT2D eigenvalue weighted by molar-refractivity contribution is 6.31. The minimum absolute atomic E-state index is 0.0204. The maximum Gasteiger partial charge on any atom is 0.189 e. The molecule has 0 aliphatic rings. The van der Waals surface area contributed by atoms with Crippen LogP contribution in [0.5, 0.6) is 0 Å². The van der Waals surface area contributed by atoms with E-state index in [0.717, 1.165) is 0 Å². The van der Waals surface area contributed by atoms with Gasteiger partial charge in [-0.1, -0.05) is 29.3 Å². The molecule has 0 amide bonds. The van der Waals surface area contributed by atoms with E-state index in [1.54, 1.807) is 24.3 Å². The second-order valence-corrected chi connectivity index (χ2v) is 5.06. The molecule has 0 spiro atoms.